The SMILES string of the molecule is CCOC(=O)Nc1cccc(C(=O)N2CCC3(CC2)OCCO3)c1. The quantitative estimate of drug-likeness (QED) is 0.917. The minimum absolute atomic E-state index is 0.0599. The van der Waals surface area contributed by atoms with Gasteiger partial charge in [-0.3, -0.25) is 10.1 Å². The molecule has 2 aliphatic heterocycles. The van der Waals surface area contributed by atoms with E-state index >= 15 is 0 Å². The van der Waals surface area contributed by atoms with Gasteiger partial charge >= 0.3 is 6.09 Å². The van der Waals surface area contributed by atoms with Crippen molar-refractivity contribution in [3.05, 3.63) is 29.8 Å². The molecule has 0 atom stereocenters. The van der Waals surface area contributed by atoms with Gasteiger partial charge in [0.1, 0.15) is 0 Å². The normalized spacial score (nSPS) is 19.3. The molecule has 0 aromatic heterocycles. The third kappa shape index (κ3) is 3.68. The van der Waals surface area contributed by atoms with Crippen molar-refractivity contribution in [3.8, 4) is 0 Å². The Balaban J connectivity index is 1.62. The molecule has 1 aromatic carbocycles. The molecule has 0 unspecified atom stereocenters. The molecular formula is C17H22N2O5. The molecule has 2 heterocycles. The van der Waals surface area contributed by atoms with E-state index in [-0.39, 0.29) is 5.91 Å². The number of hydrogen-bond donors (Lipinski definition) is 1. The van der Waals surface area contributed by atoms with Crippen LogP contribution in [-0.4, -0.2) is 55.6 Å². The first-order valence-electron chi connectivity index (χ1n) is 8.23. The van der Waals surface area contributed by atoms with Crippen LogP contribution >= 0.6 is 0 Å². The van der Waals surface area contributed by atoms with Crippen LogP contribution in [0.25, 0.3) is 0 Å². The lowest BCUT2D eigenvalue weighted by Gasteiger charge is -2.37. The monoisotopic (exact) mass is 334 g/mol. The van der Waals surface area contributed by atoms with E-state index in [0.717, 1.165) is 0 Å². The number of amides is 2. The number of anilines is 1. The molecule has 1 aromatic rings. The molecule has 3 rings (SSSR count). The van der Waals surface area contributed by atoms with Crippen molar-refractivity contribution >= 4 is 17.7 Å². The van der Waals surface area contributed by atoms with Gasteiger partial charge in [-0.2, -0.15) is 0 Å². The Morgan fingerprint density at radius 3 is 2.62 bits per heavy atom. The molecule has 2 fully saturated rings. The van der Waals surface area contributed by atoms with E-state index in [4.69, 9.17) is 14.2 Å². The molecule has 0 aliphatic carbocycles. The predicted octanol–water partition coefficient (Wildman–Crippen LogP) is 2.23. The standard InChI is InChI=1S/C17H22N2O5/c1-2-22-16(21)18-14-5-3-4-13(12-14)15(20)19-8-6-17(7-9-19)23-10-11-24-17/h3-5,12H,2,6-11H2,1H3,(H,18,21). The number of carbonyl (C=O) groups is 2. The van der Waals surface area contributed by atoms with Crippen LogP contribution in [0.2, 0.25) is 0 Å². The molecule has 0 bridgehead atoms. The summed E-state index contributed by atoms with van der Waals surface area (Å²) in [4.78, 5) is 25.9. The summed E-state index contributed by atoms with van der Waals surface area (Å²) < 4.78 is 16.2. The first-order chi connectivity index (χ1) is 11.6. The highest BCUT2D eigenvalue weighted by atomic mass is 16.7. The summed E-state index contributed by atoms with van der Waals surface area (Å²) in [6.07, 6.45) is 0.830. The van der Waals surface area contributed by atoms with E-state index < -0.39 is 11.9 Å². The highest BCUT2D eigenvalue weighted by molar-refractivity contribution is 5.96. The van der Waals surface area contributed by atoms with Crippen molar-refractivity contribution in [2.75, 3.05) is 38.2 Å². The Bertz CT molecular complexity index is 603. The number of piperidine rings is 1. The van der Waals surface area contributed by atoms with Gasteiger partial charge in [0.15, 0.2) is 5.79 Å². The summed E-state index contributed by atoms with van der Waals surface area (Å²) >= 11 is 0. The number of rotatable bonds is 3. The van der Waals surface area contributed by atoms with E-state index in [9.17, 15) is 9.59 Å². The fourth-order valence-electron chi connectivity index (χ4n) is 3.03. The third-order valence-electron chi connectivity index (χ3n) is 4.26. The van der Waals surface area contributed by atoms with Crippen LogP contribution in [0.3, 0.4) is 0 Å². The molecule has 1 spiro atoms. The van der Waals surface area contributed by atoms with Crippen LogP contribution < -0.4 is 5.32 Å². The lowest BCUT2D eigenvalue weighted by atomic mass is 10.0. The van der Waals surface area contributed by atoms with Gasteiger partial charge in [-0.1, -0.05) is 6.07 Å². The first-order valence-corrected chi connectivity index (χ1v) is 8.23. The molecule has 7 heteroatoms. The Morgan fingerprint density at radius 2 is 1.96 bits per heavy atom. The van der Waals surface area contributed by atoms with Gasteiger partial charge in [0.25, 0.3) is 5.91 Å². The lowest BCUT2D eigenvalue weighted by Crippen LogP contribution is -2.47. The largest absolute Gasteiger partial charge is 0.450 e. The molecule has 7 nitrogen and oxygen atoms in total. The van der Waals surface area contributed by atoms with E-state index in [2.05, 4.69) is 5.32 Å². The van der Waals surface area contributed by atoms with Gasteiger partial charge < -0.3 is 19.1 Å². The third-order valence-corrected chi connectivity index (χ3v) is 4.26. The Kier molecular flexibility index (Phi) is 5.01. The second kappa shape index (κ2) is 7.19. The summed E-state index contributed by atoms with van der Waals surface area (Å²) in [7, 11) is 0. The van der Waals surface area contributed by atoms with Gasteiger partial charge in [0.2, 0.25) is 0 Å². The van der Waals surface area contributed by atoms with Gasteiger partial charge in [-0.25, -0.2) is 4.79 Å². The van der Waals surface area contributed by atoms with Crippen molar-refractivity contribution in [3.63, 3.8) is 0 Å². The zero-order chi connectivity index (χ0) is 17.0. The summed E-state index contributed by atoms with van der Waals surface area (Å²) in [5.41, 5.74) is 1.07. The molecule has 0 radical (unpaired) electrons. The number of nitrogens with one attached hydrogen (secondary N) is 1. The van der Waals surface area contributed by atoms with Crippen LogP contribution in [0.5, 0.6) is 0 Å². The van der Waals surface area contributed by atoms with Crippen molar-refractivity contribution in [1.82, 2.24) is 4.90 Å². The lowest BCUT2D eigenvalue weighted by molar-refractivity contribution is -0.181. The number of likely N-dealkylation sites (tertiary alicyclic amines) is 1. The Hall–Kier alpha value is -2.12. The van der Waals surface area contributed by atoms with Crippen LogP contribution in [0.1, 0.15) is 30.1 Å². The van der Waals surface area contributed by atoms with E-state index in [0.29, 0.717) is 57.0 Å². The first kappa shape index (κ1) is 16.7. The highest BCUT2D eigenvalue weighted by Crippen LogP contribution is 2.31. The van der Waals surface area contributed by atoms with Crippen LogP contribution in [0.15, 0.2) is 24.3 Å². The molecule has 1 N–H and O–H groups in total. The smallest absolute Gasteiger partial charge is 0.411 e. The number of carbonyl (C=O) groups excluding carboxylic acids is 2. The summed E-state index contributed by atoms with van der Waals surface area (Å²) in [5, 5.41) is 2.61. The zero-order valence-electron chi connectivity index (χ0n) is 13.7. The summed E-state index contributed by atoms with van der Waals surface area (Å²) in [6.45, 7) is 4.46. The molecule has 130 valence electrons. The average Bonchev–Trinajstić information content (AvgIpc) is 3.03. The van der Waals surface area contributed by atoms with Gasteiger partial charge in [0.05, 0.1) is 19.8 Å². The molecule has 2 saturated heterocycles. The van der Waals surface area contributed by atoms with Gasteiger partial charge in [-0.15, -0.1) is 0 Å². The van der Waals surface area contributed by atoms with E-state index in [1.807, 2.05) is 0 Å². The fourth-order valence-corrected chi connectivity index (χ4v) is 3.03. The Labute approximate surface area is 140 Å². The molecular weight excluding hydrogens is 312 g/mol. The maximum absolute atomic E-state index is 12.7. The topological polar surface area (TPSA) is 77.1 Å². The van der Waals surface area contributed by atoms with Crippen LogP contribution in [0.4, 0.5) is 10.5 Å². The number of ether oxygens (including phenoxy) is 3. The van der Waals surface area contributed by atoms with E-state index in [1.54, 1.807) is 36.1 Å². The van der Waals surface area contributed by atoms with Crippen molar-refractivity contribution in [1.29, 1.82) is 0 Å². The maximum Gasteiger partial charge on any atom is 0.411 e. The number of hydrogen-bond acceptors (Lipinski definition) is 5. The van der Waals surface area contributed by atoms with Crippen molar-refractivity contribution < 1.29 is 23.8 Å². The zero-order valence-corrected chi connectivity index (χ0v) is 13.7. The van der Waals surface area contributed by atoms with Crippen LogP contribution in [-0.2, 0) is 14.2 Å². The molecule has 2 aliphatic rings. The number of nitrogens with zero attached hydrogens (tertiary/aromatic N) is 1. The number of benzene rings is 1. The van der Waals surface area contributed by atoms with Crippen molar-refractivity contribution in [2.45, 2.75) is 25.6 Å². The summed E-state index contributed by atoms with van der Waals surface area (Å²) in [5.74, 6) is -0.556. The second-order valence-corrected chi connectivity index (χ2v) is 5.83. The van der Waals surface area contributed by atoms with Crippen molar-refractivity contribution in [2.24, 2.45) is 0 Å². The van der Waals surface area contributed by atoms with Gasteiger partial charge in [0, 0.05) is 37.2 Å². The highest BCUT2D eigenvalue weighted by Gasteiger charge is 2.40. The Morgan fingerprint density at radius 1 is 1.25 bits per heavy atom. The maximum atomic E-state index is 12.7. The summed E-state index contributed by atoms with van der Waals surface area (Å²) in [6, 6.07) is 6.86. The minimum Gasteiger partial charge on any atom is -0.450 e. The van der Waals surface area contributed by atoms with Crippen LogP contribution in [0, 0.1) is 0 Å². The molecule has 2 amide bonds. The minimum atomic E-state index is -0.530. The molecule has 24 heavy (non-hydrogen) atoms. The predicted molar refractivity (Wildman–Crippen MR) is 86.9 cm³/mol. The second-order valence-electron chi connectivity index (χ2n) is 5.83. The van der Waals surface area contributed by atoms with Gasteiger partial charge in [-0.05, 0) is 25.1 Å². The average molecular weight is 334 g/mol. The van der Waals surface area contributed by atoms with E-state index in [1.165, 1.54) is 0 Å². The molecule has 0 saturated carbocycles. The fraction of sp³-hybridized carbons (Fsp3) is 0.529.